The number of aromatic nitrogens is 4. The molecule has 1 N–H and O–H groups in total. The first kappa shape index (κ1) is 17.0. The van der Waals surface area contributed by atoms with Crippen LogP contribution in [0.4, 0.5) is 10.2 Å². The van der Waals surface area contributed by atoms with Crippen molar-refractivity contribution in [2.45, 2.75) is 6.42 Å². The Morgan fingerprint density at radius 3 is 2.96 bits per heavy atom. The molecule has 3 rings (SSSR count). The number of rotatable bonds is 7. The topological polar surface area (TPSA) is 111 Å². The van der Waals surface area contributed by atoms with Gasteiger partial charge in [0.15, 0.2) is 5.69 Å². The maximum Gasteiger partial charge on any atom is 0.446 e. The molecule has 0 saturated carbocycles. The molecule has 130 valence electrons. The summed E-state index contributed by atoms with van der Waals surface area (Å²) in [4.78, 5) is 15.8. The summed E-state index contributed by atoms with van der Waals surface area (Å²) >= 11 is 3.08. The molecule has 1 aromatic carbocycles. The van der Waals surface area contributed by atoms with Gasteiger partial charge in [-0.3, -0.25) is 4.52 Å². The van der Waals surface area contributed by atoms with E-state index < -0.39 is 11.6 Å². The van der Waals surface area contributed by atoms with Crippen LogP contribution in [0.2, 0.25) is 0 Å². The van der Waals surface area contributed by atoms with Crippen molar-refractivity contribution in [2.75, 3.05) is 18.4 Å². The van der Waals surface area contributed by atoms with E-state index in [0.717, 1.165) is 11.0 Å². The highest BCUT2D eigenvalue weighted by atomic mass is 79.9. The van der Waals surface area contributed by atoms with Crippen LogP contribution < -0.4 is 11.1 Å². The second kappa shape index (κ2) is 7.38. The van der Waals surface area contributed by atoms with E-state index in [9.17, 15) is 9.18 Å². The first-order valence-electron chi connectivity index (χ1n) is 7.15. The number of hydrogen-bond donors (Lipinski definition) is 1. The van der Waals surface area contributed by atoms with E-state index in [1.807, 2.05) is 0 Å². The zero-order valence-corrected chi connectivity index (χ0v) is 14.4. The molecule has 0 spiro atoms. The molecule has 0 aliphatic heterocycles. The number of halogens is 2. The number of hydrogen-bond acceptors (Lipinski definition) is 8. The molecule has 11 heteroatoms. The Morgan fingerprint density at radius 1 is 1.36 bits per heavy atom. The van der Waals surface area contributed by atoms with Crippen molar-refractivity contribution in [3.8, 4) is 17.2 Å². The van der Waals surface area contributed by atoms with Crippen LogP contribution in [0.15, 0.2) is 41.6 Å². The molecule has 0 aliphatic rings. The van der Waals surface area contributed by atoms with Crippen LogP contribution in [0.25, 0.3) is 17.2 Å². The van der Waals surface area contributed by atoms with Crippen molar-refractivity contribution in [3.05, 3.63) is 39.0 Å². The van der Waals surface area contributed by atoms with Gasteiger partial charge >= 0.3 is 5.76 Å². The molecule has 2 aromatic heterocycles. The molecule has 0 saturated heterocycles. The average Bonchev–Trinajstić information content (AvgIpc) is 3.20. The minimum Gasteiger partial charge on any atom is -0.365 e. The summed E-state index contributed by atoms with van der Waals surface area (Å²) in [5, 5.41) is 14.3. The third-order valence-electron chi connectivity index (χ3n) is 3.25. The van der Waals surface area contributed by atoms with Crippen molar-refractivity contribution in [1.29, 1.82) is 0 Å². The summed E-state index contributed by atoms with van der Waals surface area (Å²) in [6.45, 7) is 4.54. The van der Waals surface area contributed by atoms with Crippen molar-refractivity contribution < 1.29 is 13.5 Å². The summed E-state index contributed by atoms with van der Waals surface area (Å²) in [7, 11) is 0. The maximum atomic E-state index is 13.4. The Labute approximate surface area is 148 Å². The average molecular weight is 411 g/mol. The van der Waals surface area contributed by atoms with Gasteiger partial charge in [0, 0.05) is 13.1 Å². The zero-order chi connectivity index (χ0) is 17.8. The SMILES string of the molecule is C=NCCCNc1nonc1-c1noc(=O)n1-c1ccc(F)c(Br)c1. The molecule has 2 heterocycles. The molecule has 0 unspecified atom stereocenters. The Bertz CT molecular complexity index is 950. The molecular formula is C14H12BrFN6O3. The predicted molar refractivity (Wildman–Crippen MR) is 90.6 cm³/mol. The number of nitrogens with one attached hydrogen (secondary N) is 1. The van der Waals surface area contributed by atoms with Crippen LogP contribution in [0.1, 0.15) is 6.42 Å². The van der Waals surface area contributed by atoms with E-state index in [1.54, 1.807) is 0 Å². The molecule has 0 bridgehead atoms. The van der Waals surface area contributed by atoms with Crippen LogP contribution in [0.3, 0.4) is 0 Å². The summed E-state index contributed by atoms with van der Waals surface area (Å²) in [6.07, 6.45) is 0.729. The van der Waals surface area contributed by atoms with Gasteiger partial charge in [0.2, 0.25) is 11.6 Å². The molecule has 0 amide bonds. The molecule has 0 atom stereocenters. The van der Waals surface area contributed by atoms with E-state index in [2.05, 4.69) is 48.4 Å². The van der Waals surface area contributed by atoms with Crippen LogP contribution in [0, 0.1) is 5.82 Å². The van der Waals surface area contributed by atoms with Gasteiger partial charge in [-0.05, 0) is 57.6 Å². The normalized spacial score (nSPS) is 10.8. The number of aliphatic imine (C=N–C) groups is 1. The lowest BCUT2D eigenvalue weighted by Gasteiger charge is -2.05. The Morgan fingerprint density at radius 2 is 2.20 bits per heavy atom. The van der Waals surface area contributed by atoms with Gasteiger partial charge in [-0.25, -0.2) is 18.4 Å². The highest BCUT2D eigenvalue weighted by Gasteiger charge is 2.22. The van der Waals surface area contributed by atoms with Gasteiger partial charge in [0.25, 0.3) is 0 Å². The lowest BCUT2D eigenvalue weighted by Crippen LogP contribution is -2.14. The van der Waals surface area contributed by atoms with Gasteiger partial charge in [0.1, 0.15) is 5.82 Å². The van der Waals surface area contributed by atoms with Gasteiger partial charge in [0.05, 0.1) is 10.2 Å². The van der Waals surface area contributed by atoms with Gasteiger partial charge < -0.3 is 10.3 Å². The zero-order valence-electron chi connectivity index (χ0n) is 12.8. The summed E-state index contributed by atoms with van der Waals surface area (Å²) in [6, 6.07) is 4.05. The fraction of sp³-hybridized carbons (Fsp3) is 0.214. The largest absolute Gasteiger partial charge is 0.446 e. The monoisotopic (exact) mass is 410 g/mol. The summed E-state index contributed by atoms with van der Waals surface area (Å²) < 4.78 is 24.2. The Kier molecular flexibility index (Phi) is 5.03. The van der Waals surface area contributed by atoms with E-state index in [-0.39, 0.29) is 16.0 Å². The van der Waals surface area contributed by atoms with E-state index >= 15 is 0 Å². The lowest BCUT2D eigenvalue weighted by molar-refractivity contribution is 0.309. The highest BCUT2D eigenvalue weighted by molar-refractivity contribution is 9.10. The Balaban J connectivity index is 1.97. The molecule has 25 heavy (non-hydrogen) atoms. The lowest BCUT2D eigenvalue weighted by atomic mass is 10.3. The quantitative estimate of drug-likeness (QED) is 0.469. The smallest absolute Gasteiger partial charge is 0.365 e. The van der Waals surface area contributed by atoms with Crippen molar-refractivity contribution in [2.24, 2.45) is 4.99 Å². The summed E-state index contributed by atoms with van der Waals surface area (Å²) in [5.41, 5.74) is 0.539. The molecule has 0 fully saturated rings. The van der Waals surface area contributed by atoms with Gasteiger partial charge in [-0.15, -0.1) is 0 Å². The van der Waals surface area contributed by atoms with Crippen LogP contribution in [0.5, 0.6) is 0 Å². The third kappa shape index (κ3) is 3.50. The Hall–Kier alpha value is -2.82. The fourth-order valence-electron chi connectivity index (χ4n) is 2.10. The number of anilines is 1. The summed E-state index contributed by atoms with van der Waals surface area (Å²) in [5.74, 6) is -0.837. The first-order valence-corrected chi connectivity index (χ1v) is 7.94. The van der Waals surface area contributed by atoms with Gasteiger partial charge in [-0.2, -0.15) is 0 Å². The van der Waals surface area contributed by atoms with Crippen LogP contribution >= 0.6 is 15.9 Å². The minimum absolute atomic E-state index is 0.0779. The second-order valence-electron chi connectivity index (χ2n) is 4.89. The molecule has 0 aliphatic carbocycles. The van der Waals surface area contributed by atoms with Gasteiger partial charge in [-0.1, -0.05) is 5.16 Å². The standard InChI is InChI=1S/C14H12BrFN6O3/c1-17-5-2-6-18-12-11(19-25-20-12)13-21-24-14(23)22(13)8-3-4-10(16)9(15)7-8/h3-4,7H,1-2,5-6H2,(H,18,20). The molecule has 9 nitrogen and oxygen atoms in total. The minimum atomic E-state index is -0.752. The fourth-order valence-corrected chi connectivity index (χ4v) is 2.47. The highest BCUT2D eigenvalue weighted by Crippen LogP contribution is 2.26. The number of benzene rings is 1. The van der Waals surface area contributed by atoms with E-state index in [4.69, 9.17) is 9.15 Å². The molecular weight excluding hydrogens is 399 g/mol. The maximum absolute atomic E-state index is 13.4. The number of nitrogens with zero attached hydrogens (tertiary/aromatic N) is 5. The molecule has 3 aromatic rings. The van der Waals surface area contributed by atoms with Crippen LogP contribution in [-0.4, -0.2) is 39.8 Å². The third-order valence-corrected chi connectivity index (χ3v) is 3.86. The van der Waals surface area contributed by atoms with Crippen LogP contribution in [-0.2, 0) is 0 Å². The van der Waals surface area contributed by atoms with Crippen molar-refractivity contribution >= 4 is 28.5 Å². The van der Waals surface area contributed by atoms with Crippen molar-refractivity contribution in [3.63, 3.8) is 0 Å². The second-order valence-corrected chi connectivity index (χ2v) is 5.75. The predicted octanol–water partition coefficient (Wildman–Crippen LogP) is 2.28. The van der Waals surface area contributed by atoms with E-state index in [1.165, 1.54) is 18.2 Å². The first-order chi connectivity index (χ1) is 12.1. The van der Waals surface area contributed by atoms with Crippen molar-refractivity contribution in [1.82, 2.24) is 20.0 Å². The molecule has 0 radical (unpaired) electrons. The van der Waals surface area contributed by atoms with E-state index in [0.29, 0.717) is 24.6 Å².